The number of rotatable bonds is 5. The number of benzene rings is 2. The first-order valence-corrected chi connectivity index (χ1v) is 7.18. The van der Waals surface area contributed by atoms with E-state index in [0.717, 1.165) is 5.56 Å². The summed E-state index contributed by atoms with van der Waals surface area (Å²) < 4.78 is 18.5. The van der Waals surface area contributed by atoms with Crippen molar-refractivity contribution in [1.29, 1.82) is 0 Å². The molecular formula is C18H18FNO3. The van der Waals surface area contributed by atoms with Crippen LogP contribution in [0.2, 0.25) is 0 Å². The number of carbonyl (C=O) groups is 2. The molecule has 0 unspecified atom stereocenters. The Bertz CT molecular complexity index is 688. The highest BCUT2D eigenvalue weighted by Crippen LogP contribution is 2.29. The Morgan fingerprint density at radius 3 is 2.26 bits per heavy atom. The fourth-order valence-electron chi connectivity index (χ4n) is 2.56. The lowest BCUT2D eigenvalue weighted by molar-refractivity contribution is -0.145. The van der Waals surface area contributed by atoms with Crippen molar-refractivity contribution in [3.05, 3.63) is 71.5 Å². The number of amides is 1. The van der Waals surface area contributed by atoms with Crippen LogP contribution in [0.1, 0.15) is 24.0 Å². The molecule has 4 nitrogen and oxygen atoms in total. The third-order valence-electron chi connectivity index (χ3n) is 3.51. The van der Waals surface area contributed by atoms with Gasteiger partial charge in [-0.1, -0.05) is 42.5 Å². The van der Waals surface area contributed by atoms with E-state index < -0.39 is 23.7 Å². The van der Waals surface area contributed by atoms with Crippen molar-refractivity contribution in [2.75, 3.05) is 7.11 Å². The number of hydrogen-bond donors (Lipinski definition) is 1. The zero-order valence-electron chi connectivity index (χ0n) is 13.0. The van der Waals surface area contributed by atoms with E-state index in [2.05, 4.69) is 5.32 Å². The van der Waals surface area contributed by atoms with E-state index in [1.807, 2.05) is 30.3 Å². The molecule has 0 fully saturated rings. The largest absolute Gasteiger partial charge is 0.467 e. The van der Waals surface area contributed by atoms with E-state index in [9.17, 15) is 14.0 Å². The zero-order valence-corrected chi connectivity index (χ0v) is 13.0. The molecule has 0 radical (unpaired) electrons. The van der Waals surface area contributed by atoms with Gasteiger partial charge in [0.2, 0.25) is 5.91 Å². The first-order chi connectivity index (χ1) is 11.0. The third kappa shape index (κ3) is 4.16. The number of halogens is 1. The topological polar surface area (TPSA) is 55.4 Å². The van der Waals surface area contributed by atoms with Crippen molar-refractivity contribution >= 4 is 11.9 Å². The van der Waals surface area contributed by atoms with Crippen molar-refractivity contribution in [3.8, 4) is 0 Å². The van der Waals surface area contributed by atoms with Gasteiger partial charge >= 0.3 is 5.97 Å². The van der Waals surface area contributed by atoms with Gasteiger partial charge in [-0.15, -0.1) is 0 Å². The maximum atomic E-state index is 13.6. The van der Waals surface area contributed by atoms with E-state index in [-0.39, 0.29) is 5.91 Å². The molecule has 0 aliphatic rings. The summed E-state index contributed by atoms with van der Waals surface area (Å²) in [6, 6.07) is 14.2. The van der Waals surface area contributed by atoms with Gasteiger partial charge in [-0.3, -0.25) is 4.79 Å². The maximum absolute atomic E-state index is 13.6. The van der Waals surface area contributed by atoms with Crippen LogP contribution in [-0.2, 0) is 14.3 Å². The lowest BCUT2D eigenvalue weighted by Crippen LogP contribution is -2.45. The van der Waals surface area contributed by atoms with Gasteiger partial charge < -0.3 is 10.1 Å². The monoisotopic (exact) mass is 315 g/mol. The first-order valence-electron chi connectivity index (χ1n) is 7.18. The molecule has 5 heteroatoms. The van der Waals surface area contributed by atoms with Crippen molar-refractivity contribution in [1.82, 2.24) is 5.32 Å². The van der Waals surface area contributed by atoms with Crippen molar-refractivity contribution in [3.63, 3.8) is 0 Å². The molecule has 1 amide bonds. The Labute approximate surface area is 134 Å². The smallest absolute Gasteiger partial charge is 0.329 e. The number of hydrogen-bond acceptors (Lipinski definition) is 3. The molecule has 0 aliphatic carbocycles. The van der Waals surface area contributed by atoms with E-state index in [1.54, 1.807) is 12.1 Å². The minimum Gasteiger partial charge on any atom is -0.467 e. The average Bonchev–Trinajstić information content (AvgIpc) is 2.54. The predicted molar refractivity (Wildman–Crippen MR) is 84.3 cm³/mol. The van der Waals surface area contributed by atoms with Gasteiger partial charge in [0.25, 0.3) is 0 Å². The number of carbonyl (C=O) groups excluding carboxylic acids is 2. The number of methoxy groups -OCH3 is 1. The number of esters is 1. The Hall–Kier alpha value is -2.69. The summed E-state index contributed by atoms with van der Waals surface area (Å²) in [7, 11) is 1.25. The summed E-state index contributed by atoms with van der Waals surface area (Å²) in [5.74, 6) is -1.91. The van der Waals surface area contributed by atoms with Crippen molar-refractivity contribution < 1.29 is 18.7 Å². The molecule has 2 aromatic carbocycles. The Balaban J connectivity index is 2.55. The fourth-order valence-corrected chi connectivity index (χ4v) is 2.56. The highest BCUT2D eigenvalue weighted by molar-refractivity contribution is 5.84. The number of nitrogens with one attached hydrogen (secondary N) is 1. The van der Waals surface area contributed by atoms with Crippen LogP contribution in [0.25, 0.3) is 0 Å². The molecule has 0 saturated carbocycles. The van der Waals surface area contributed by atoms with Crippen molar-refractivity contribution in [2.45, 2.75) is 18.9 Å². The highest BCUT2D eigenvalue weighted by Gasteiger charge is 2.32. The molecular weight excluding hydrogens is 297 g/mol. The quantitative estimate of drug-likeness (QED) is 0.863. The zero-order chi connectivity index (χ0) is 16.8. The van der Waals surface area contributed by atoms with E-state index in [1.165, 1.54) is 26.2 Å². The number of ether oxygens (including phenoxy) is 1. The summed E-state index contributed by atoms with van der Waals surface area (Å²) >= 11 is 0. The van der Waals surface area contributed by atoms with Crippen LogP contribution in [0.4, 0.5) is 4.39 Å². The summed E-state index contributed by atoms with van der Waals surface area (Å²) in [5.41, 5.74) is 1.36. The molecule has 0 spiro atoms. The van der Waals surface area contributed by atoms with Gasteiger partial charge in [0.05, 0.1) is 7.11 Å². The minimum atomic E-state index is -0.943. The summed E-state index contributed by atoms with van der Waals surface area (Å²) in [6.45, 7) is 1.32. The second-order valence-electron chi connectivity index (χ2n) is 5.14. The van der Waals surface area contributed by atoms with E-state index >= 15 is 0 Å². The molecule has 120 valence electrons. The fraction of sp³-hybridized carbons (Fsp3) is 0.222. The summed E-state index contributed by atoms with van der Waals surface area (Å²) in [5, 5.41) is 2.61. The van der Waals surface area contributed by atoms with Crippen LogP contribution in [0.15, 0.2) is 54.6 Å². The van der Waals surface area contributed by atoms with Crippen LogP contribution >= 0.6 is 0 Å². The molecule has 0 aliphatic heterocycles. The van der Waals surface area contributed by atoms with Crippen LogP contribution in [-0.4, -0.2) is 25.0 Å². The van der Waals surface area contributed by atoms with Gasteiger partial charge in [-0.25, -0.2) is 9.18 Å². The minimum absolute atomic E-state index is 0.363. The lowest BCUT2D eigenvalue weighted by Gasteiger charge is -2.26. The standard InChI is InChI=1S/C18H18FNO3/c1-12(21)20-17(18(22)23-2)16(13-7-4-3-5-8-13)14-9-6-10-15(19)11-14/h3-11,16-17H,1-2H3,(H,20,21)/t16-,17+/m1/s1. The molecule has 2 atom stereocenters. The first kappa shape index (κ1) is 16.7. The van der Waals surface area contributed by atoms with E-state index in [0.29, 0.717) is 5.56 Å². The second-order valence-corrected chi connectivity index (χ2v) is 5.14. The molecule has 0 bridgehead atoms. The average molecular weight is 315 g/mol. The molecule has 0 aromatic heterocycles. The van der Waals surface area contributed by atoms with Gasteiger partial charge in [0.15, 0.2) is 0 Å². The van der Waals surface area contributed by atoms with Gasteiger partial charge in [-0.05, 0) is 23.3 Å². The Morgan fingerprint density at radius 2 is 1.70 bits per heavy atom. The van der Waals surface area contributed by atoms with Crippen LogP contribution in [0.3, 0.4) is 0 Å². The summed E-state index contributed by atoms with van der Waals surface area (Å²) in [6.07, 6.45) is 0. The lowest BCUT2D eigenvalue weighted by atomic mass is 9.85. The molecule has 0 saturated heterocycles. The molecule has 23 heavy (non-hydrogen) atoms. The SMILES string of the molecule is COC(=O)[C@@H](NC(C)=O)[C@H](c1ccccc1)c1cccc(F)c1. The molecule has 2 aromatic rings. The Kier molecular flexibility index (Phi) is 5.46. The third-order valence-corrected chi connectivity index (χ3v) is 3.51. The maximum Gasteiger partial charge on any atom is 0.329 e. The molecule has 0 heterocycles. The van der Waals surface area contributed by atoms with E-state index in [4.69, 9.17) is 4.74 Å². The summed E-state index contributed by atoms with van der Waals surface area (Å²) in [4.78, 5) is 23.7. The van der Waals surface area contributed by atoms with Gasteiger partial charge in [0, 0.05) is 12.8 Å². The van der Waals surface area contributed by atoms with Crippen LogP contribution in [0.5, 0.6) is 0 Å². The molecule has 1 N–H and O–H groups in total. The highest BCUT2D eigenvalue weighted by atomic mass is 19.1. The van der Waals surface area contributed by atoms with Gasteiger partial charge in [0.1, 0.15) is 11.9 Å². The second kappa shape index (κ2) is 7.54. The van der Waals surface area contributed by atoms with Gasteiger partial charge in [-0.2, -0.15) is 0 Å². The Morgan fingerprint density at radius 1 is 1.04 bits per heavy atom. The normalized spacial score (nSPS) is 13.0. The predicted octanol–water partition coefficient (Wildman–Crippen LogP) is 2.64. The van der Waals surface area contributed by atoms with Crippen molar-refractivity contribution in [2.24, 2.45) is 0 Å². The molecule has 2 rings (SSSR count). The van der Waals surface area contributed by atoms with Crippen LogP contribution in [0, 0.1) is 5.82 Å². The van der Waals surface area contributed by atoms with Crippen LogP contribution < -0.4 is 5.32 Å².